The van der Waals surface area contributed by atoms with E-state index in [0.29, 0.717) is 0 Å². The molecule has 0 radical (unpaired) electrons. The van der Waals surface area contributed by atoms with Crippen molar-refractivity contribution in [1.82, 2.24) is 15.5 Å². The lowest BCUT2D eigenvalue weighted by Gasteiger charge is -2.26. The maximum absolute atomic E-state index is 3.49. The van der Waals surface area contributed by atoms with Crippen LogP contribution in [0.15, 0.2) is 0 Å². The minimum Gasteiger partial charge on any atom is -0.315 e. The van der Waals surface area contributed by atoms with Gasteiger partial charge in [0, 0.05) is 26.2 Å². The maximum atomic E-state index is 3.49. The lowest BCUT2D eigenvalue weighted by molar-refractivity contribution is 0.229. The van der Waals surface area contributed by atoms with Gasteiger partial charge in [0.2, 0.25) is 0 Å². The molecule has 3 nitrogen and oxygen atoms in total. The summed E-state index contributed by atoms with van der Waals surface area (Å²) < 4.78 is 0. The third-order valence-electron chi connectivity index (χ3n) is 2.96. The van der Waals surface area contributed by atoms with Gasteiger partial charge >= 0.3 is 0 Å². The van der Waals surface area contributed by atoms with E-state index >= 15 is 0 Å². The predicted octanol–water partition coefficient (Wildman–Crippen LogP) is 1.06. The molecule has 2 N–H and O–H groups in total. The Bertz CT molecular complexity index is 133. The summed E-state index contributed by atoms with van der Waals surface area (Å²) >= 11 is 0. The Labute approximate surface area is 94.6 Å². The number of hydrogen-bond acceptors (Lipinski definition) is 3. The van der Waals surface area contributed by atoms with Crippen LogP contribution in [0.1, 0.15) is 32.6 Å². The van der Waals surface area contributed by atoms with Gasteiger partial charge in [-0.3, -0.25) is 0 Å². The number of likely N-dealkylation sites (tertiary alicyclic amines) is 1. The molecule has 3 heteroatoms. The molecular formula is C12H27N3. The van der Waals surface area contributed by atoms with Gasteiger partial charge in [0.1, 0.15) is 0 Å². The van der Waals surface area contributed by atoms with Gasteiger partial charge in [-0.05, 0) is 38.9 Å². The Balaban J connectivity index is 1.79. The highest BCUT2D eigenvalue weighted by molar-refractivity contribution is 4.65. The van der Waals surface area contributed by atoms with Gasteiger partial charge in [-0.2, -0.15) is 0 Å². The summed E-state index contributed by atoms with van der Waals surface area (Å²) in [6, 6.07) is 0. The van der Waals surface area contributed by atoms with E-state index in [1.165, 1.54) is 45.3 Å². The lowest BCUT2D eigenvalue weighted by atomic mass is 10.1. The summed E-state index contributed by atoms with van der Waals surface area (Å²) in [4.78, 5) is 2.58. The summed E-state index contributed by atoms with van der Waals surface area (Å²) in [5.74, 6) is 0. The Kier molecular flexibility index (Phi) is 7.88. The fraction of sp³-hybridized carbons (Fsp3) is 1.00. The van der Waals surface area contributed by atoms with E-state index in [-0.39, 0.29) is 0 Å². The van der Waals surface area contributed by atoms with Crippen LogP contribution in [-0.4, -0.2) is 50.7 Å². The second kappa shape index (κ2) is 9.13. The van der Waals surface area contributed by atoms with Gasteiger partial charge in [-0.25, -0.2) is 0 Å². The molecule has 1 fully saturated rings. The van der Waals surface area contributed by atoms with E-state index in [1.54, 1.807) is 0 Å². The Morgan fingerprint density at radius 2 is 1.53 bits per heavy atom. The normalized spacial score (nSPS) is 18.2. The number of nitrogens with one attached hydrogen (secondary N) is 2. The van der Waals surface area contributed by atoms with Crippen LogP contribution in [0.3, 0.4) is 0 Å². The van der Waals surface area contributed by atoms with Crippen LogP contribution < -0.4 is 10.6 Å². The third-order valence-corrected chi connectivity index (χ3v) is 2.96. The zero-order valence-electron chi connectivity index (χ0n) is 10.2. The monoisotopic (exact) mass is 213 g/mol. The van der Waals surface area contributed by atoms with Crippen molar-refractivity contribution in [2.75, 3.05) is 45.8 Å². The highest BCUT2D eigenvalue weighted by atomic mass is 15.1. The number of rotatable bonds is 8. The Morgan fingerprint density at radius 1 is 0.867 bits per heavy atom. The quantitative estimate of drug-likeness (QED) is 0.591. The second-order valence-electron chi connectivity index (χ2n) is 4.40. The molecule has 15 heavy (non-hydrogen) atoms. The Morgan fingerprint density at radius 3 is 2.20 bits per heavy atom. The fourth-order valence-corrected chi connectivity index (χ4v) is 2.02. The summed E-state index contributed by atoms with van der Waals surface area (Å²) in [6.45, 7) is 10.6. The summed E-state index contributed by atoms with van der Waals surface area (Å²) in [5, 5.41) is 6.88. The molecule has 1 heterocycles. The van der Waals surface area contributed by atoms with Crippen LogP contribution in [0.2, 0.25) is 0 Å². The molecule has 1 aliphatic heterocycles. The van der Waals surface area contributed by atoms with Crippen molar-refractivity contribution in [3.63, 3.8) is 0 Å². The molecule has 0 aromatic carbocycles. The maximum Gasteiger partial charge on any atom is 0.0107 e. The van der Waals surface area contributed by atoms with Crippen LogP contribution in [0.25, 0.3) is 0 Å². The SMILES string of the molecule is CCCNCCNCCN1CCCCC1. The molecule has 0 bridgehead atoms. The molecule has 1 rings (SSSR count). The number of piperidine rings is 1. The standard InChI is InChI=1S/C12H27N3/c1-2-6-13-7-8-14-9-12-15-10-4-3-5-11-15/h13-14H,2-12H2,1H3. The highest BCUT2D eigenvalue weighted by Crippen LogP contribution is 2.06. The number of nitrogens with zero attached hydrogens (tertiary/aromatic N) is 1. The zero-order chi connectivity index (χ0) is 10.8. The first-order valence-electron chi connectivity index (χ1n) is 6.57. The molecule has 0 aromatic rings. The number of hydrogen-bond donors (Lipinski definition) is 2. The molecule has 1 saturated heterocycles. The molecule has 0 saturated carbocycles. The van der Waals surface area contributed by atoms with Crippen LogP contribution >= 0.6 is 0 Å². The van der Waals surface area contributed by atoms with Gasteiger partial charge in [-0.1, -0.05) is 13.3 Å². The molecule has 90 valence electrons. The lowest BCUT2D eigenvalue weighted by Crippen LogP contribution is -2.37. The fourth-order valence-electron chi connectivity index (χ4n) is 2.02. The van der Waals surface area contributed by atoms with Gasteiger partial charge in [0.05, 0.1) is 0 Å². The van der Waals surface area contributed by atoms with Crippen molar-refractivity contribution in [2.45, 2.75) is 32.6 Å². The molecule has 1 aliphatic rings. The minimum absolute atomic E-state index is 1.10. The van der Waals surface area contributed by atoms with Crippen molar-refractivity contribution >= 4 is 0 Å². The minimum atomic E-state index is 1.10. The third kappa shape index (κ3) is 6.88. The molecule has 0 aromatic heterocycles. The van der Waals surface area contributed by atoms with E-state index in [1.807, 2.05) is 0 Å². The predicted molar refractivity (Wildman–Crippen MR) is 66.3 cm³/mol. The Hall–Kier alpha value is -0.120. The first-order chi connectivity index (χ1) is 7.43. The van der Waals surface area contributed by atoms with Crippen LogP contribution in [0, 0.1) is 0 Å². The van der Waals surface area contributed by atoms with Gasteiger partial charge in [0.25, 0.3) is 0 Å². The molecule has 0 aliphatic carbocycles. The van der Waals surface area contributed by atoms with E-state index in [9.17, 15) is 0 Å². The topological polar surface area (TPSA) is 27.3 Å². The first kappa shape index (κ1) is 12.9. The van der Waals surface area contributed by atoms with Crippen molar-refractivity contribution in [1.29, 1.82) is 0 Å². The van der Waals surface area contributed by atoms with E-state index in [4.69, 9.17) is 0 Å². The molecule has 0 amide bonds. The highest BCUT2D eigenvalue weighted by Gasteiger charge is 2.08. The van der Waals surface area contributed by atoms with Crippen molar-refractivity contribution in [3.05, 3.63) is 0 Å². The molecule has 0 atom stereocenters. The largest absolute Gasteiger partial charge is 0.315 e. The average Bonchev–Trinajstić information content (AvgIpc) is 2.29. The van der Waals surface area contributed by atoms with Gasteiger partial charge in [0.15, 0.2) is 0 Å². The molecule has 0 unspecified atom stereocenters. The summed E-state index contributed by atoms with van der Waals surface area (Å²) in [5.41, 5.74) is 0. The van der Waals surface area contributed by atoms with Crippen LogP contribution in [-0.2, 0) is 0 Å². The second-order valence-corrected chi connectivity index (χ2v) is 4.40. The molecular weight excluding hydrogens is 186 g/mol. The van der Waals surface area contributed by atoms with Crippen molar-refractivity contribution in [3.8, 4) is 0 Å². The van der Waals surface area contributed by atoms with Crippen LogP contribution in [0.4, 0.5) is 0 Å². The van der Waals surface area contributed by atoms with Crippen molar-refractivity contribution < 1.29 is 0 Å². The van der Waals surface area contributed by atoms with Crippen LogP contribution in [0.5, 0.6) is 0 Å². The first-order valence-corrected chi connectivity index (χ1v) is 6.57. The summed E-state index contributed by atoms with van der Waals surface area (Å²) in [6.07, 6.45) is 5.47. The van der Waals surface area contributed by atoms with E-state index in [2.05, 4.69) is 22.5 Å². The smallest absolute Gasteiger partial charge is 0.0107 e. The molecule has 0 spiro atoms. The van der Waals surface area contributed by atoms with E-state index < -0.39 is 0 Å². The van der Waals surface area contributed by atoms with Gasteiger partial charge < -0.3 is 15.5 Å². The zero-order valence-corrected chi connectivity index (χ0v) is 10.2. The van der Waals surface area contributed by atoms with E-state index in [0.717, 1.165) is 26.2 Å². The average molecular weight is 213 g/mol. The van der Waals surface area contributed by atoms with Gasteiger partial charge in [-0.15, -0.1) is 0 Å². The summed E-state index contributed by atoms with van der Waals surface area (Å²) in [7, 11) is 0. The van der Waals surface area contributed by atoms with Crippen molar-refractivity contribution in [2.24, 2.45) is 0 Å².